The Morgan fingerprint density at radius 1 is 1.07 bits per heavy atom. The fraction of sp³-hybridized carbons (Fsp3) is 0.250. The van der Waals surface area contributed by atoms with Gasteiger partial charge in [0.1, 0.15) is 12.4 Å². The molecule has 8 heteroatoms. The summed E-state index contributed by atoms with van der Waals surface area (Å²) in [6, 6.07) is 11.7. The number of carbonyl (C=O) groups excluding carboxylic acids is 3. The molecule has 0 aliphatic carbocycles. The average molecular weight is 383 g/mol. The van der Waals surface area contributed by atoms with E-state index in [2.05, 4.69) is 16.0 Å². The molecule has 1 heterocycles. The highest BCUT2D eigenvalue weighted by Crippen LogP contribution is 2.30. The Labute approximate surface area is 162 Å². The second-order valence-corrected chi connectivity index (χ2v) is 6.26. The Kier molecular flexibility index (Phi) is 5.90. The molecule has 3 rings (SSSR count). The van der Waals surface area contributed by atoms with Gasteiger partial charge in [0.15, 0.2) is 0 Å². The Balaban J connectivity index is 1.66. The molecule has 1 unspecified atom stereocenters. The van der Waals surface area contributed by atoms with Crippen LogP contribution in [-0.2, 0) is 14.3 Å². The van der Waals surface area contributed by atoms with Gasteiger partial charge in [-0.05, 0) is 23.8 Å². The van der Waals surface area contributed by atoms with Crippen molar-refractivity contribution in [2.45, 2.75) is 12.5 Å². The molecule has 2 aromatic carbocycles. The zero-order valence-electron chi connectivity index (χ0n) is 15.6. The largest absolute Gasteiger partial charge is 0.494 e. The van der Waals surface area contributed by atoms with Crippen LogP contribution in [0.3, 0.4) is 0 Å². The summed E-state index contributed by atoms with van der Waals surface area (Å²) in [4.78, 5) is 36.1. The van der Waals surface area contributed by atoms with Crippen LogP contribution in [0.5, 0.6) is 5.75 Å². The molecule has 0 saturated carbocycles. The quantitative estimate of drug-likeness (QED) is 0.679. The molecule has 1 aliphatic rings. The molecule has 8 nitrogen and oxygen atoms in total. The number of nitrogens with one attached hydrogen (secondary N) is 3. The van der Waals surface area contributed by atoms with Crippen LogP contribution in [0.4, 0.5) is 11.4 Å². The summed E-state index contributed by atoms with van der Waals surface area (Å²) in [5, 5.41) is 8.27. The van der Waals surface area contributed by atoms with Gasteiger partial charge >= 0.3 is 0 Å². The molecule has 3 amide bonds. The van der Waals surface area contributed by atoms with E-state index in [1.54, 1.807) is 30.3 Å². The van der Waals surface area contributed by atoms with Gasteiger partial charge < -0.3 is 25.4 Å². The highest BCUT2D eigenvalue weighted by atomic mass is 16.5. The first-order chi connectivity index (χ1) is 13.5. The minimum atomic E-state index is -0.363. The lowest BCUT2D eigenvalue weighted by atomic mass is 10.0. The van der Waals surface area contributed by atoms with Crippen molar-refractivity contribution in [2.75, 3.05) is 31.5 Å². The summed E-state index contributed by atoms with van der Waals surface area (Å²) in [7, 11) is 2.90. The standard InChI is InChI=1S/C20H21N3O5/c1-27-11-19(25)22-15-8-7-12(9-17(15)28-2)21-18(24)10-16-13-5-3-4-6-14(13)20(26)23-16/h3-9,16H,10-11H2,1-2H3,(H,21,24)(H,22,25)(H,23,26). The molecule has 0 radical (unpaired) electrons. The maximum Gasteiger partial charge on any atom is 0.252 e. The summed E-state index contributed by atoms with van der Waals surface area (Å²) in [6.07, 6.45) is 0.109. The Morgan fingerprint density at radius 2 is 1.86 bits per heavy atom. The minimum absolute atomic E-state index is 0.0732. The summed E-state index contributed by atoms with van der Waals surface area (Å²) in [5.41, 5.74) is 2.40. The second-order valence-electron chi connectivity index (χ2n) is 6.26. The van der Waals surface area contributed by atoms with E-state index in [9.17, 15) is 14.4 Å². The highest BCUT2D eigenvalue weighted by molar-refractivity contribution is 6.01. The lowest BCUT2D eigenvalue weighted by Gasteiger charge is -2.14. The van der Waals surface area contributed by atoms with E-state index in [1.165, 1.54) is 14.2 Å². The average Bonchev–Trinajstić information content (AvgIpc) is 2.99. The Hall–Kier alpha value is -3.39. The van der Waals surface area contributed by atoms with Crippen LogP contribution in [0.15, 0.2) is 42.5 Å². The fourth-order valence-corrected chi connectivity index (χ4v) is 3.07. The van der Waals surface area contributed by atoms with Gasteiger partial charge in [-0.15, -0.1) is 0 Å². The molecule has 3 N–H and O–H groups in total. The topological polar surface area (TPSA) is 106 Å². The van der Waals surface area contributed by atoms with Crippen LogP contribution in [0.25, 0.3) is 0 Å². The van der Waals surface area contributed by atoms with Crippen molar-refractivity contribution in [3.8, 4) is 5.75 Å². The van der Waals surface area contributed by atoms with Gasteiger partial charge in [0.2, 0.25) is 11.8 Å². The first kappa shape index (κ1) is 19.4. The monoisotopic (exact) mass is 383 g/mol. The second kappa shape index (κ2) is 8.53. The smallest absolute Gasteiger partial charge is 0.252 e. The van der Waals surface area contributed by atoms with Crippen LogP contribution in [0, 0.1) is 0 Å². The number of carbonyl (C=O) groups is 3. The van der Waals surface area contributed by atoms with Crippen molar-refractivity contribution in [3.05, 3.63) is 53.6 Å². The van der Waals surface area contributed by atoms with E-state index in [-0.39, 0.29) is 36.8 Å². The summed E-state index contributed by atoms with van der Waals surface area (Å²) >= 11 is 0. The van der Waals surface area contributed by atoms with Crippen LogP contribution in [0.1, 0.15) is 28.4 Å². The Morgan fingerprint density at radius 3 is 2.61 bits per heavy atom. The predicted molar refractivity (Wildman–Crippen MR) is 103 cm³/mol. The van der Waals surface area contributed by atoms with Crippen LogP contribution < -0.4 is 20.7 Å². The van der Waals surface area contributed by atoms with Gasteiger partial charge in [-0.1, -0.05) is 18.2 Å². The molecule has 0 bridgehead atoms. The zero-order valence-corrected chi connectivity index (χ0v) is 15.6. The zero-order chi connectivity index (χ0) is 20.1. The maximum absolute atomic E-state index is 12.4. The van der Waals surface area contributed by atoms with Crippen molar-refractivity contribution in [3.63, 3.8) is 0 Å². The van der Waals surface area contributed by atoms with Crippen molar-refractivity contribution >= 4 is 29.1 Å². The Bertz CT molecular complexity index is 912. The normalized spacial score (nSPS) is 14.8. The molecular weight excluding hydrogens is 362 g/mol. The molecule has 146 valence electrons. The van der Waals surface area contributed by atoms with Crippen LogP contribution in [-0.4, -0.2) is 38.5 Å². The van der Waals surface area contributed by atoms with Crippen molar-refractivity contribution in [2.24, 2.45) is 0 Å². The minimum Gasteiger partial charge on any atom is -0.494 e. The summed E-state index contributed by atoms with van der Waals surface area (Å²) in [6.45, 7) is -0.0732. The maximum atomic E-state index is 12.4. The van der Waals surface area contributed by atoms with Gasteiger partial charge in [-0.25, -0.2) is 0 Å². The number of amides is 3. The van der Waals surface area contributed by atoms with E-state index in [1.807, 2.05) is 12.1 Å². The van der Waals surface area contributed by atoms with Crippen molar-refractivity contribution in [1.82, 2.24) is 5.32 Å². The van der Waals surface area contributed by atoms with Crippen molar-refractivity contribution < 1.29 is 23.9 Å². The van der Waals surface area contributed by atoms with E-state index < -0.39 is 0 Å². The van der Waals surface area contributed by atoms with E-state index >= 15 is 0 Å². The molecule has 0 saturated heterocycles. The van der Waals surface area contributed by atoms with Gasteiger partial charge in [0.25, 0.3) is 5.91 Å². The van der Waals surface area contributed by atoms with Crippen molar-refractivity contribution in [1.29, 1.82) is 0 Å². The lowest BCUT2D eigenvalue weighted by Crippen LogP contribution is -2.24. The van der Waals surface area contributed by atoms with Gasteiger partial charge in [-0.2, -0.15) is 0 Å². The lowest BCUT2D eigenvalue weighted by molar-refractivity contribution is -0.119. The van der Waals surface area contributed by atoms with Gasteiger partial charge in [0, 0.05) is 24.4 Å². The molecule has 28 heavy (non-hydrogen) atoms. The molecular formula is C20H21N3O5. The SMILES string of the molecule is COCC(=O)Nc1ccc(NC(=O)CC2NC(=O)c3ccccc32)cc1OC. The first-order valence-electron chi connectivity index (χ1n) is 8.68. The van der Waals surface area contributed by atoms with Gasteiger partial charge in [-0.3, -0.25) is 14.4 Å². The highest BCUT2D eigenvalue weighted by Gasteiger charge is 2.29. The molecule has 0 spiro atoms. The number of rotatable bonds is 7. The van der Waals surface area contributed by atoms with Gasteiger partial charge in [0.05, 0.1) is 25.3 Å². The molecule has 0 fully saturated rings. The number of methoxy groups -OCH3 is 2. The first-order valence-corrected chi connectivity index (χ1v) is 8.68. The summed E-state index contributed by atoms with van der Waals surface area (Å²) < 4.78 is 10.1. The number of hydrogen-bond acceptors (Lipinski definition) is 5. The van der Waals surface area contributed by atoms with Crippen LogP contribution >= 0.6 is 0 Å². The van der Waals surface area contributed by atoms with E-state index in [4.69, 9.17) is 9.47 Å². The van der Waals surface area contributed by atoms with Crippen LogP contribution in [0.2, 0.25) is 0 Å². The molecule has 1 aliphatic heterocycles. The summed E-state index contributed by atoms with van der Waals surface area (Å²) in [5.74, 6) is -0.332. The number of hydrogen-bond donors (Lipinski definition) is 3. The number of benzene rings is 2. The predicted octanol–water partition coefficient (Wildman–Crippen LogP) is 2.09. The third kappa shape index (κ3) is 4.29. The molecule has 0 aromatic heterocycles. The number of ether oxygens (including phenoxy) is 2. The molecule has 2 aromatic rings. The number of fused-ring (bicyclic) bond motifs is 1. The number of anilines is 2. The van der Waals surface area contributed by atoms with E-state index in [0.717, 1.165) is 5.56 Å². The third-order valence-electron chi connectivity index (χ3n) is 4.31. The van der Waals surface area contributed by atoms with E-state index in [0.29, 0.717) is 22.7 Å². The molecule has 1 atom stereocenters. The third-order valence-corrected chi connectivity index (χ3v) is 4.31. The fourth-order valence-electron chi connectivity index (χ4n) is 3.07.